The van der Waals surface area contributed by atoms with Gasteiger partial charge in [0.2, 0.25) is 5.91 Å². The highest BCUT2D eigenvalue weighted by atomic mass is 16.7. The van der Waals surface area contributed by atoms with Gasteiger partial charge in [0.15, 0.2) is 5.57 Å². The zero-order valence-electron chi connectivity index (χ0n) is 14.8. The molecule has 1 aliphatic rings. The third kappa shape index (κ3) is 4.82. The lowest BCUT2D eigenvalue weighted by Gasteiger charge is -2.29. The maximum Gasteiger partial charge on any atom is 0.350 e. The third-order valence-corrected chi connectivity index (χ3v) is 3.61. The molecule has 0 atom stereocenters. The molecule has 0 bridgehead atoms. The Morgan fingerprint density at radius 1 is 1.16 bits per heavy atom. The molecule has 0 radical (unpaired) electrons. The molecular weight excluding hydrogens is 324 g/mol. The topological polar surface area (TPSA) is 84.9 Å². The number of benzene rings is 1. The zero-order chi connectivity index (χ0) is 18.6. The summed E-state index contributed by atoms with van der Waals surface area (Å²) < 4.78 is 10.1. The zero-order valence-corrected chi connectivity index (χ0v) is 14.8. The minimum atomic E-state index is -1.27. The third-order valence-electron chi connectivity index (χ3n) is 3.61. The van der Waals surface area contributed by atoms with Crippen molar-refractivity contribution in [2.75, 3.05) is 19.4 Å². The highest BCUT2D eigenvalue weighted by Crippen LogP contribution is 2.23. The number of hydrogen-bond donors (Lipinski definition) is 1. The number of rotatable bonds is 5. The van der Waals surface area contributed by atoms with Crippen LogP contribution in [0.25, 0.3) is 0 Å². The summed E-state index contributed by atoms with van der Waals surface area (Å²) in [5, 5.41) is 2.94. The molecular formula is C18H22N2O5. The van der Waals surface area contributed by atoms with Crippen molar-refractivity contribution in [3.63, 3.8) is 0 Å². The van der Waals surface area contributed by atoms with Crippen molar-refractivity contribution in [1.82, 2.24) is 4.90 Å². The molecule has 2 rings (SSSR count). The number of nitrogens with zero attached hydrogens (tertiary/aromatic N) is 1. The van der Waals surface area contributed by atoms with E-state index in [2.05, 4.69) is 5.32 Å². The Bertz CT molecular complexity index is 700. The van der Waals surface area contributed by atoms with E-state index in [1.165, 1.54) is 24.9 Å². The monoisotopic (exact) mass is 346 g/mol. The van der Waals surface area contributed by atoms with E-state index in [9.17, 15) is 14.4 Å². The molecule has 0 spiro atoms. The first kappa shape index (κ1) is 18.5. The van der Waals surface area contributed by atoms with E-state index < -0.39 is 17.7 Å². The van der Waals surface area contributed by atoms with E-state index in [0.717, 1.165) is 5.56 Å². The molecule has 1 saturated heterocycles. The van der Waals surface area contributed by atoms with Crippen molar-refractivity contribution >= 4 is 23.5 Å². The fourth-order valence-corrected chi connectivity index (χ4v) is 2.27. The van der Waals surface area contributed by atoms with Crippen LogP contribution < -0.4 is 5.32 Å². The molecule has 25 heavy (non-hydrogen) atoms. The summed E-state index contributed by atoms with van der Waals surface area (Å²) >= 11 is 0. The number of carbonyl (C=O) groups is 3. The Morgan fingerprint density at radius 3 is 2.36 bits per heavy atom. The molecule has 1 amide bonds. The molecule has 1 aromatic carbocycles. The molecule has 1 aromatic rings. The van der Waals surface area contributed by atoms with Gasteiger partial charge in [0.25, 0.3) is 5.79 Å². The first-order chi connectivity index (χ1) is 11.7. The van der Waals surface area contributed by atoms with Gasteiger partial charge in [-0.05, 0) is 18.1 Å². The lowest BCUT2D eigenvalue weighted by Crippen LogP contribution is -2.42. The SMILES string of the molecule is CN(C)C(=O)CCc1ccccc1NC=C1C(=O)OC(C)(C)OC1=O. The highest BCUT2D eigenvalue weighted by Gasteiger charge is 2.38. The lowest BCUT2D eigenvalue weighted by atomic mass is 10.1. The number of anilines is 1. The second-order valence-corrected chi connectivity index (χ2v) is 6.33. The summed E-state index contributed by atoms with van der Waals surface area (Å²) in [4.78, 5) is 37.2. The largest absolute Gasteiger partial charge is 0.419 e. The van der Waals surface area contributed by atoms with E-state index >= 15 is 0 Å². The van der Waals surface area contributed by atoms with Gasteiger partial charge in [-0.25, -0.2) is 9.59 Å². The Morgan fingerprint density at radius 2 is 1.76 bits per heavy atom. The lowest BCUT2D eigenvalue weighted by molar-refractivity contribution is -0.222. The number of hydrogen-bond acceptors (Lipinski definition) is 6. The maximum atomic E-state index is 11.9. The second kappa shape index (κ2) is 7.38. The van der Waals surface area contributed by atoms with E-state index in [1.54, 1.807) is 20.2 Å². The van der Waals surface area contributed by atoms with Crippen LogP contribution in [-0.4, -0.2) is 42.6 Å². The van der Waals surface area contributed by atoms with E-state index in [4.69, 9.17) is 9.47 Å². The van der Waals surface area contributed by atoms with Gasteiger partial charge < -0.3 is 19.7 Å². The van der Waals surface area contributed by atoms with Gasteiger partial charge in [0.05, 0.1) is 0 Å². The van der Waals surface area contributed by atoms with Crippen LogP contribution in [0.5, 0.6) is 0 Å². The number of para-hydroxylation sites is 1. The Labute approximate surface area is 146 Å². The van der Waals surface area contributed by atoms with Crippen LogP contribution in [0.3, 0.4) is 0 Å². The van der Waals surface area contributed by atoms with Crippen molar-refractivity contribution in [2.45, 2.75) is 32.5 Å². The van der Waals surface area contributed by atoms with Gasteiger partial charge in [-0.15, -0.1) is 0 Å². The molecule has 7 nitrogen and oxygen atoms in total. The second-order valence-electron chi connectivity index (χ2n) is 6.33. The minimum Gasteiger partial charge on any atom is -0.419 e. The van der Waals surface area contributed by atoms with Crippen LogP contribution >= 0.6 is 0 Å². The molecule has 1 heterocycles. The minimum absolute atomic E-state index is 0.0230. The van der Waals surface area contributed by atoms with Gasteiger partial charge in [-0.2, -0.15) is 0 Å². The van der Waals surface area contributed by atoms with Gasteiger partial charge in [0, 0.05) is 46.3 Å². The number of amides is 1. The summed E-state index contributed by atoms with van der Waals surface area (Å²) in [7, 11) is 3.41. The summed E-state index contributed by atoms with van der Waals surface area (Å²) in [5.74, 6) is -2.73. The van der Waals surface area contributed by atoms with Crippen LogP contribution in [-0.2, 0) is 30.3 Å². The number of cyclic esters (lactones) is 2. The normalized spacial score (nSPS) is 15.9. The average molecular weight is 346 g/mol. The van der Waals surface area contributed by atoms with Crippen LogP contribution in [0.2, 0.25) is 0 Å². The number of esters is 2. The number of ether oxygens (including phenoxy) is 2. The van der Waals surface area contributed by atoms with Crippen LogP contribution in [0, 0.1) is 0 Å². The highest BCUT2D eigenvalue weighted by molar-refractivity contribution is 6.15. The van der Waals surface area contributed by atoms with Crippen LogP contribution in [0.15, 0.2) is 36.0 Å². The van der Waals surface area contributed by atoms with Gasteiger partial charge in [-0.1, -0.05) is 18.2 Å². The fourth-order valence-electron chi connectivity index (χ4n) is 2.27. The molecule has 1 fully saturated rings. The summed E-state index contributed by atoms with van der Waals surface area (Å²) in [6.07, 6.45) is 2.17. The predicted octanol–water partition coefficient (Wildman–Crippen LogP) is 1.84. The van der Waals surface area contributed by atoms with Crippen LogP contribution in [0.4, 0.5) is 5.69 Å². The molecule has 134 valence electrons. The molecule has 7 heteroatoms. The Hall–Kier alpha value is -2.83. The number of aryl methyl sites for hydroxylation is 1. The Kier molecular flexibility index (Phi) is 5.46. The Balaban J connectivity index is 2.12. The van der Waals surface area contributed by atoms with Crippen molar-refractivity contribution < 1.29 is 23.9 Å². The number of carbonyl (C=O) groups excluding carboxylic acids is 3. The predicted molar refractivity (Wildman–Crippen MR) is 91.4 cm³/mol. The molecule has 0 aromatic heterocycles. The fraction of sp³-hybridized carbons (Fsp3) is 0.389. The molecule has 0 unspecified atom stereocenters. The standard InChI is InChI=1S/C18H22N2O5/c1-18(2)24-16(22)13(17(23)25-18)11-19-14-8-6-5-7-12(14)9-10-15(21)20(3)4/h5-8,11,19H,9-10H2,1-4H3. The summed E-state index contributed by atoms with van der Waals surface area (Å²) in [6.45, 7) is 2.98. The van der Waals surface area contributed by atoms with Crippen LogP contribution in [0.1, 0.15) is 25.8 Å². The molecule has 1 N–H and O–H groups in total. The number of nitrogens with one attached hydrogen (secondary N) is 1. The van der Waals surface area contributed by atoms with Gasteiger partial charge in [0.1, 0.15) is 0 Å². The quantitative estimate of drug-likeness (QED) is 0.497. The van der Waals surface area contributed by atoms with Crippen molar-refractivity contribution in [2.24, 2.45) is 0 Å². The molecule has 0 aliphatic carbocycles. The average Bonchev–Trinajstić information content (AvgIpc) is 2.51. The van der Waals surface area contributed by atoms with E-state index in [0.29, 0.717) is 18.5 Å². The summed E-state index contributed by atoms with van der Waals surface area (Å²) in [5.41, 5.74) is 1.39. The molecule has 0 saturated carbocycles. The van der Waals surface area contributed by atoms with Crippen molar-refractivity contribution in [1.29, 1.82) is 0 Å². The maximum absolute atomic E-state index is 11.9. The van der Waals surface area contributed by atoms with E-state index in [-0.39, 0.29) is 11.5 Å². The van der Waals surface area contributed by atoms with Gasteiger partial charge in [-0.3, -0.25) is 4.79 Å². The summed E-state index contributed by atoms with van der Waals surface area (Å²) in [6, 6.07) is 7.36. The first-order valence-electron chi connectivity index (χ1n) is 7.91. The van der Waals surface area contributed by atoms with Gasteiger partial charge >= 0.3 is 11.9 Å². The first-order valence-corrected chi connectivity index (χ1v) is 7.91. The van der Waals surface area contributed by atoms with Crippen molar-refractivity contribution in [3.05, 3.63) is 41.6 Å². The molecule has 1 aliphatic heterocycles. The van der Waals surface area contributed by atoms with E-state index in [1.807, 2.05) is 18.2 Å². The van der Waals surface area contributed by atoms with Crippen molar-refractivity contribution in [3.8, 4) is 0 Å². The smallest absolute Gasteiger partial charge is 0.350 e.